The second-order valence-corrected chi connectivity index (χ2v) is 11.5. The van der Waals surface area contributed by atoms with Crippen molar-refractivity contribution in [3.63, 3.8) is 0 Å². The fourth-order valence-electron chi connectivity index (χ4n) is 5.19. The van der Waals surface area contributed by atoms with Crippen LogP contribution in [0.5, 0.6) is 0 Å². The van der Waals surface area contributed by atoms with Crippen LogP contribution in [0.3, 0.4) is 0 Å². The topological polar surface area (TPSA) is 96.2 Å². The van der Waals surface area contributed by atoms with Crippen LogP contribution in [0, 0.1) is 5.92 Å². The highest BCUT2D eigenvalue weighted by Crippen LogP contribution is 2.35. The number of aliphatic hydroxyl groups excluding tert-OH is 1. The molecule has 38 heavy (non-hydrogen) atoms. The number of nitrogens with zero attached hydrogens (tertiary/aromatic N) is 5. The number of hydrogen-bond acceptors (Lipinski definition) is 7. The number of imidazole rings is 1. The molecule has 10 heteroatoms. The summed E-state index contributed by atoms with van der Waals surface area (Å²) < 4.78 is 2.47. The summed E-state index contributed by atoms with van der Waals surface area (Å²) in [7, 11) is 0. The molecule has 1 aliphatic heterocycles. The maximum atomic E-state index is 12.6. The second-order valence-electron chi connectivity index (χ2n) is 10.6. The molecule has 210 valence electrons. The van der Waals surface area contributed by atoms with Crippen LogP contribution in [-0.4, -0.2) is 62.2 Å². The molecule has 1 saturated heterocycles. The summed E-state index contributed by atoms with van der Waals surface area (Å²) >= 11 is 6.03. The third-order valence-electron chi connectivity index (χ3n) is 6.63. The first kappa shape index (κ1) is 30.3. The minimum absolute atomic E-state index is 0.0518. The van der Waals surface area contributed by atoms with Gasteiger partial charge < -0.3 is 19.9 Å². The van der Waals surface area contributed by atoms with E-state index in [4.69, 9.17) is 15.1 Å². The number of amides is 1. The Bertz CT molecular complexity index is 1130. The molecule has 3 aromatic rings. The number of anilines is 1. The first-order valence-electron chi connectivity index (χ1n) is 13.7. The number of carbonyl (C=O) groups excluding carboxylic acids is 1. The molecule has 1 aliphatic carbocycles. The molecule has 3 aromatic heterocycles. The molecule has 0 radical (unpaired) electrons. The monoisotopic (exact) mass is 562 g/mol. The Labute approximate surface area is 235 Å². The van der Waals surface area contributed by atoms with Crippen LogP contribution in [0.2, 0.25) is 0 Å². The van der Waals surface area contributed by atoms with E-state index in [9.17, 15) is 4.79 Å². The summed E-state index contributed by atoms with van der Waals surface area (Å²) in [5.41, 5.74) is 2.17. The zero-order valence-corrected chi connectivity index (χ0v) is 24.9. The van der Waals surface area contributed by atoms with Crippen molar-refractivity contribution in [3.8, 4) is 0 Å². The van der Waals surface area contributed by atoms with Crippen LogP contribution in [-0.2, 0) is 6.42 Å². The van der Waals surface area contributed by atoms with Gasteiger partial charge in [-0.05, 0) is 58.3 Å². The number of carbonyl (C=O) groups is 1. The summed E-state index contributed by atoms with van der Waals surface area (Å²) in [4.78, 5) is 28.9. The van der Waals surface area contributed by atoms with Gasteiger partial charge >= 0.3 is 0 Å². The van der Waals surface area contributed by atoms with E-state index in [1.165, 1.54) is 36.1 Å². The van der Waals surface area contributed by atoms with E-state index in [0.29, 0.717) is 17.0 Å². The van der Waals surface area contributed by atoms with Gasteiger partial charge in [0.2, 0.25) is 0 Å². The lowest BCUT2D eigenvalue weighted by Gasteiger charge is -2.32. The van der Waals surface area contributed by atoms with Gasteiger partial charge in [0.1, 0.15) is 17.2 Å². The SMILES string of the molecule is CC(C)Cc1nc2cnc(N3CCCC3)cc2n1C1CCCC(NC(=O)c2nccs2)C1.CC(C)O.CCl. The van der Waals surface area contributed by atoms with Gasteiger partial charge in [-0.3, -0.25) is 4.79 Å². The van der Waals surface area contributed by atoms with Crippen molar-refractivity contribution in [2.45, 2.75) is 90.8 Å². The molecule has 1 amide bonds. The lowest BCUT2D eigenvalue weighted by atomic mass is 9.90. The fraction of sp³-hybridized carbons (Fsp3) is 0.643. The number of fused-ring (bicyclic) bond motifs is 1. The first-order chi connectivity index (χ1) is 18.3. The summed E-state index contributed by atoms with van der Waals surface area (Å²) in [6.45, 7) is 10.1. The number of rotatable bonds is 6. The van der Waals surface area contributed by atoms with E-state index in [1.807, 2.05) is 11.6 Å². The van der Waals surface area contributed by atoms with Crippen LogP contribution >= 0.6 is 22.9 Å². The lowest BCUT2D eigenvalue weighted by molar-refractivity contribution is 0.0920. The quantitative estimate of drug-likeness (QED) is 0.366. The van der Waals surface area contributed by atoms with Crippen molar-refractivity contribution >= 4 is 45.7 Å². The second kappa shape index (κ2) is 14.8. The molecule has 2 atom stereocenters. The fourth-order valence-corrected chi connectivity index (χ4v) is 5.72. The van der Waals surface area contributed by atoms with Crippen LogP contribution in [0.15, 0.2) is 23.8 Å². The predicted molar refractivity (Wildman–Crippen MR) is 158 cm³/mol. The number of aromatic nitrogens is 4. The molecule has 4 heterocycles. The van der Waals surface area contributed by atoms with Crippen LogP contribution < -0.4 is 10.2 Å². The Hall–Kier alpha value is -2.23. The highest BCUT2D eigenvalue weighted by atomic mass is 35.5. The smallest absolute Gasteiger partial charge is 0.280 e. The molecule has 2 fully saturated rings. The Kier molecular flexibility index (Phi) is 11.8. The standard InChI is InChI=1S/C24H32N6OS.C3H8O.CH3Cl/c1-16(2)12-22-28-19-15-26-21(29-9-3-4-10-29)14-20(19)30(22)18-7-5-6-17(13-18)27-23(31)24-25-8-11-32-24;1-3(2)4;1-2/h8,11,14-18H,3-7,9-10,12-13H2,1-2H3,(H,27,31);3-4H,1-2H3;1H3. The van der Waals surface area contributed by atoms with E-state index in [0.717, 1.165) is 62.4 Å². The van der Waals surface area contributed by atoms with Gasteiger partial charge in [0.15, 0.2) is 5.01 Å². The normalized spacial score (nSPS) is 19.2. The Morgan fingerprint density at radius 3 is 2.50 bits per heavy atom. The van der Waals surface area contributed by atoms with Gasteiger partial charge in [-0.25, -0.2) is 15.0 Å². The van der Waals surface area contributed by atoms with E-state index in [1.54, 1.807) is 20.0 Å². The molecule has 5 rings (SSSR count). The van der Waals surface area contributed by atoms with Crippen molar-refractivity contribution in [2.75, 3.05) is 24.4 Å². The van der Waals surface area contributed by atoms with E-state index < -0.39 is 0 Å². The molecular formula is C28H43ClN6O2S. The maximum Gasteiger partial charge on any atom is 0.280 e. The molecule has 2 N–H and O–H groups in total. The number of hydrogen-bond donors (Lipinski definition) is 2. The number of thiazole rings is 1. The van der Waals surface area contributed by atoms with E-state index >= 15 is 0 Å². The molecule has 2 unspecified atom stereocenters. The van der Waals surface area contributed by atoms with Crippen molar-refractivity contribution < 1.29 is 9.90 Å². The number of pyridine rings is 1. The molecule has 2 aliphatic rings. The van der Waals surface area contributed by atoms with Crippen LogP contribution in [0.1, 0.15) is 87.9 Å². The van der Waals surface area contributed by atoms with Crippen LogP contribution in [0.25, 0.3) is 11.0 Å². The zero-order valence-electron chi connectivity index (χ0n) is 23.4. The number of aliphatic hydroxyl groups is 1. The molecule has 1 saturated carbocycles. The predicted octanol–water partition coefficient (Wildman–Crippen LogP) is 5.84. The number of alkyl halides is 1. The van der Waals surface area contributed by atoms with Crippen LogP contribution in [0.4, 0.5) is 5.82 Å². The summed E-state index contributed by atoms with van der Waals surface area (Å²) in [6.07, 6.45) is 12.5. The molecule has 0 spiro atoms. The van der Waals surface area contributed by atoms with Gasteiger partial charge in [-0.1, -0.05) is 13.8 Å². The van der Waals surface area contributed by atoms with Gasteiger partial charge in [-0.15, -0.1) is 22.9 Å². The highest BCUT2D eigenvalue weighted by Gasteiger charge is 2.29. The Morgan fingerprint density at radius 1 is 1.16 bits per heavy atom. The number of nitrogens with one attached hydrogen (secondary N) is 1. The first-order valence-corrected chi connectivity index (χ1v) is 15.3. The molecule has 8 nitrogen and oxygen atoms in total. The average Bonchev–Trinajstić information content (AvgIpc) is 3.65. The third-order valence-corrected chi connectivity index (χ3v) is 7.40. The number of halogens is 1. The lowest BCUT2D eigenvalue weighted by Crippen LogP contribution is -2.39. The van der Waals surface area contributed by atoms with Gasteiger partial charge in [-0.2, -0.15) is 0 Å². The maximum absolute atomic E-state index is 12.6. The molecule has 0 aromatic carbocycles. The van der Waals surface area contributed by atoms with Gasteiger partial charge in [0.25, 0.3) is 5.91 Å². The minimum Gasteiger partial charge on any atom is -0.394 e. The third kappa shape index (κ3) is 8.13. The van der Waals surface area contributed by atoms with Crippen molar-refractivity contribution in [3.05, 3.63) is 34.7 Å². The molecule has 0 bridgehead atoms. The summed E-state index contributed by atoms with van der Waals surface area (Å²) in [6, 6.07) is 2.74. The minimum atomic E-state index is -0.167. The van der Waals surface area contributed by atoms with E-state index in [2.05, 4.69) is 51.3 Å². The zero-order chi connectivity index (χ0) is 27.7. The summed E-state index contributed by atoms with van der Waals surface area (Å²) in [5, 5.41) is 13.7. The van der Waals surface area contributed by atoms with E-state index in [-0.39, 0.29) is 18.1 Å². The van der Waals surface area contributed by atoms with Crippen molar-refractivity contribution in [2.24, 2.45) is 5.92 Å². The Balaban J connectivity index is 0.000000612. The largest absolute Gasteiger partial charge is 0.394 e. The van der Waals surface area contributed by atoms with Crippen molar-refractivity contribution in [1.82, 2.24) is 24.8 Å². The van der Waals surface area contributed by atoms with Crippen molar-refractivity contribution in [1.29, 1.82) is 0 Å². The highest BCUT2D eigenvalue weighted by molar-refractivity contribution is 7.11. The Morgan fingerprint density at radius 2 is 1.87 bits per heavy atom. The summed E-state index contributed by atoms with van der Waals surface area (Å²) in [5.74, 6) is 2.69. The van der Waals surface area contributed by atoms with Gasteiger partial charge in [0.05, 0.1) is 11.7 Å². The van der Waals surface area contributed by atoms with Gasteiger partial charge in [0, 0.05) is 61.7 Å². The average molecular weight is 563 g/mol. The molecular weight excluding hydrogens is 520 g/mol.